The van der Waals surface area contributed by atoms with Crippen LogP contribution < -0.4 is 10.2 Å². The lowest BCUT2D eigenvalue weighted by Gasteiger charge is -2.29. The second kappa shape index (κ2) is 8.48. The monoisotopic (exact) mass is 397 g/mol. The Balaban J connectivity index is 1.84. The summed E-state index contributed by atoms with van der Waals surface area (Å²) in [5.74, 6) is -0.290. The normalized spacial score (nSPS) is 13.1. The van der Waals surface area contributed by atoms with Crippen LogP contribution in [-0.2, 0) is 16.0 Å². The highest BCUT2D eigenvalue weighted by molar-refractivity contribution is 8.00. The first-order valence-corrected chi connectivity index (χ1v) is 10.1. The fourth-order valence-electron chi connectivity index (χ4n) is 3.05. The number of hydrogen-bond acceptors (Lipinski definition) is 4. The summed E-state index contributed by atoms with van der Waals surface area (Å²) in [4.78, 5) is 41.3. The van der Waals surface area contributed by atoms with E-state index in [9.17, 15) is 14.4 Å². The van der Waals surface area contributed by atoms with Gasteiger partial charge in [0.15, 0.2) is 0 Å². The molecule has 1 heterocycles. The fourth-order valence-corrected chi connectivity index (χ4v) is 3.97. The summed E-state index contributed by atoms with van der Waals surface area (Å²) >= 11 is 1.42. The zero-order chi connectivity index (χ0) is 20.3. The van der Waals surface area contributed by atoms with Crippen molar-refractivity contribution in [1.29, 1.82) is 0 Å². The number of carbonyl (C=O) groups excluding carboxylic acids is 3. The van der Waals surface area contributed by atoms with E-state index >= 15 is 0 Å². The molecule has 1 aliphatic rings. The third-order valence-electron chi connectivity index (χ3n) is 4.53. The second-order valence-corrected chi connectivity index (χ2v) is 7.73. The first kappa shape index (κ1) is 19.9. The minimum atomic E-state index is -0.267. The quantitative estimate of drug-likeness (QED) is 0.842. The third kappa shape index (κ3) is 4.20. The topological polar surface area (TPSA) is 69.7 Å². The summed E-state index contributed by atoms with van der Waals surface area (Å²) in [6.45, 7) is 1.93. The molecule has 0 aliphatic carbocycles. The van der Waals surface area contributed by atoms with Gasteiger partial charge in [-0.15, -0.1) is 11.8 Å². The largest absolute Gasteiger partial charge is 0.345 e. The lowest BCUT2D eigenvalue weighted by atomic mass is 10.1. The lowest BCUT2D eigenvalue weighted by Crippen LogP contribution is -2.41. The van der Waals surface area contributed by atoms with Crippen molar-refractivity contribution in [2.24, 2.45) is 0 Å². The van der Waals surface area contributed by atoms with Gasteiger partial charge in [0, 0.05) is 30.2 Å². The number of hydrogen-bond donors (Lipinski definition) is 1. The Kier molecular flexibility index (Phi) is 6.04. The minimum absolute atomic E-state index is 0.0932. The van der Waals surface area contributed by atoms with Gasteiger partial charge in [-0.05, 0) is 36.2 Å². The average Bonchev–Trinajstić information content (AvgIpc) is 2.69. The highest BCUT2D eigenvalue weighted by atomic mass is 32.2. The number of carbonyl (C=O) groups is 3. The molecule has 28 heavy (non-hydrogen) atoms. The van der Waals surface area contributed by atoms with Crippen molar-refractivity contribution in [2.45, 2.75) is 18.2 Å². The van der Waals surface area contributed by atoms with Crippen molar-refractivity contribution < 1.29 is 14.4 Å². The molecule has 0 atom stereocenters. The van der Waals surface area contributed by atoms with Gasteiger partial charge in [0.2, 0.25) is 11.8 Å². The molecule has 3 rings (SSSR count). The van der Waals surface area contributed by atoms with Crippen molar-refractivity contribution in [1.82, 2.24) is 4.90 Å². The SMILES string of the molecule is CCc1ccccc1NC(=O)CN1C(=O)CSc2ccc(C(=O)N(C)C)cc21. The Morgan fingerprint density at radius 3 is 2.64 bits per heavy atom. The number of fused-ring (bicyclic) bond motifs is 1. The van der Waals surface area contributed by atoms with Crippen LogP contribution in [0.25, 0.3) is 0 Å². The Morgan fingerprint density at radius 1 is 1.18 bits per heavy atom. The number of rotatable bonds is 5. The van der Waals surface area contributed by atoms with E-state index in [1.165, 1.54) is 21.6 Å². The van der Waals surface area contributed by atoms with E-state index in [2.05, 4.69) is 5.32 Å². The first-order chi connectivity index (χ1) is 13.4. The fraction of sp³-hybridized carbons (Fsp3) is 0.286. The van der Waals surface area contributed by atoms with Gasteiger partial charge in [0.05, 0.1) is 11.4 Å². The molecule has 7 heteroatoms. The van der Waals surface area contributed by atoms with Crippen LogP contribution in [0.5, 0.6) is 0 Å². The Bertz CT molecular complexity index is 927. The summed E-state index contributed by atoms with van der Waals surface area (Å²) in [7, 11) is 3.36. The smallest absolute Gasteiger partial charge is 0.253 e. The number of benzene rings is 2. The third-order valence-corrected chi connectivity index (χ3v) is 5.58. The Labute approximate surface area is 168 Å². The van der Waals surface area contributed by atoms with Gasteiger partial charge in [-0.2, -0.15) is 0 Å². The standard InChI is InChI=1S/C21H23N3O3S/c1-4-14-7-5-6-8-16(14)22-19(25)12-24-17-11-15(21(27)23(2)3)9-10-18(17)28-13-20(24)26/h5-11H,4,12-13H2,1-3H3,(H,22,25). The predicted molar refractivity (Wildman–Crippen MR) is 112 cm³/mol. The number of aryl methyl sites for hydroxylation is 1. The molecule has 6 nitrogen and oxygen atoms in total. The van der Waals surface area contributed by atoms with Crippen LogP contribution in [-0.4, -0.2) is 49.0 Å². The molecule has 0 fully saturated rings. The zero-order valence-corrected chi connectivity index (χ0v) is 17.0. The molecular weight excluding hydrogens is 374 g/mol. The van der Waals surface area contributed by atoms with Crippen LogP contribution in [0.2, 0.25) is 0 Å². The van der Waals surface area contributed by atoms with Crippen LogP contribution in [0, 0.1) is 0 Å². The van der Waals surface area contributed by atoms with E-state index in [1.54, 1.807) is 26.2 Å². The Hall–Kier alpha value is -2.80. The van der Waals surface area contributed by atoms with E-state index in [0.717, 1.165) is 22.6 Å². The maximum absolute atomic E-state index is 12.6. The van der Waals surface area contributed by atoms with Gasteiger partial charge < -0.3 is 15.1 Å². The molecule has 1 N–H and O–H groups in total. The van der Waals surface area contributed by atoms with Gasteiger partial charge in [0.1, 0.15) is 6.54 Å². The van der Waals surface area contributed by atoms with E-state index in [1.807, 2.05) is 37.3 Å². The maximum Gasteiger partial charge on any atom is 0.253 e. The van der Waals surface area contributed by atoms with Crippen molar-refractivity contribution in [2.75, 3.05) is 36.6 Å². The molecular formula is C21H23N3O3S. The van der Waals surface area contributed by atoms with Crippen LogP contribution in [0.3, 0.4) is 0 Å². The highest BCUT2D eigenvalue weighted by Crippen LogP contribution is 2.36. The molecule has 3 amide bonds. The summed E-state index contributed by atoms with van der Waals surface area (Å²) in [6.07, 6.45) is 0.800. The number of nitrogens with zero attached hydrogens (tertiary/aromatic N) is 2. The molecule has 0 radical (unpaired) electrons. The van der Waals surface area contributed by atoms with E-state index in [-0.39, 0.29) is 30.0 Å². The molecule has 1 aliphatic heterocycles. The van der Waals surface area contributed by atoms with E-state index in [4.69, 9.17) is 0 Å². The summed E-state index contributed by atoms with van der Waals surface area (Å²) in [6, 6.07) is 12.9. The first-order valence-electron chi connectivity index (χ1n) is 9.07. The van der Waals surface area contributed by atoms with Gasteiger partial charge in [-0.3, -0.25) is 14.4 Å². The summed E-state index contributed by atoms with van der Waals surface area (Å²) < 4.78 is 0. The number of anilines is 2. The molecule has 0 saturated carbocycles. The Morgan fingerprint density at radius 2 is 1.93 bits per heavy atom. The number of nitrogens with one attached hydrogen (secondary N) is 1. The maximum atomic E-state index is 12.6. The molecule has 0 spiro atoms. The van der Waals surface area contributed by atoms with Gasteiger partial charge in [-0.1, -0.05) is 25.1 Å². The summed E-state index contributed by atoms with van der Waals surface area (Å²) in [5, 5.41) is 2.90. The molecule has 0 aromatic heterocycles. The lowest BCUT2D eigenvalue weighted by molar-refractivity contribution is -0.120. The van der Waals surface area contributed by atoms with Gasteiger partial charge >= 0.3 is 0 Å². The second-order valence-electron chi connectivity index (χ2n) is 6.71. The highest BCUT2D eigenvalue weighted by Gasteiger charge is 2.28. The van der Waals surface area contributed by atoms with E-state index < -0.39 is 0 Å². The summed E-state index contributed by atoms with van der Waals surface area (Å²) in [5.41, 5.74) is 2.88. The molecule has 0 unspecified atom stereocenters. The van der Waals surface area contributed by atoms with E-state index in [0.29, 0.717) is 11.3 Å². The minimum Gasteiger partial charge on any atom is -0.345 e. The number of amides is 3. The van der Waals surface area contributed by atoms with Crippen molar-refractivity contribution >= 4 is 40.9 Å². The number of thioether (sulfide) groups is 1. The van der Waals surface area contributed by atoms with Crippen molar-refractivity contribution in [3.8, 4) is 0 Å². The predicted octanol–water partition coefficient (Wildman–Crippen LogP) is 3.03. The van der Waals surface area contributed by atoms with Gasteiger partial charge in [0.25, 0.3) is 5.91 Å². The van der Waals surface area contributed by atoms with Gasteiger partial charge in [-0.25, -0.2) is 0 Å². The van der Waals surface area contributed by atoms with Crippen molar-refractivity contribution in [3.63, 3.8) is 0 Å². The average molecular weight is 398 g/mol. The van der Waals surface area contributed by atoms with Crippen LogP contribution in [0.15, 0.2) is 47.4 Å². The van der Waals surface area contributed by atoms with Crippen LogP contribution in [0.1, 0.15) is 22.8 Å². The molecule has 146 valence electrons. The van der Waals surface area contributed by atoms with Crippen LogP contribution in [0.4, 0.5) is 11.4 Å². The van der Waals surface area contributed by atoms with Crippen molar-refractivity contribution in [3.05, 3.63) is 53.6 Å². The van der Waals surface area contributed by atoms with Crippen LogP contribution >= 0.6 is 11.8 Å². The molecule has 0 bridgehead atoms. The zero-order valence-electron chi connectivity index (χ0n) is 16.2. The number of para-hydroxylation sites is 1. The molecule has 0 saturated heterocycles. The molecule has 2 aromatic carbocycles. The molecule has 2 aromatic rings.